The molecule has 32 heavy (non-hydrogen) atoms. The minimum Gasteiger partial charge on any atom is -0.475 e. The van der Waals surface area contributed by atoms with E-state index >= 15 is 0 Å². The SMILES string of the molecule is Cn1nc(C(=O)NC2=NCC=C2)c2ccc(N3CCCCCC3)nc21.O=C(O)C(F)(F)F. The third kappa shape index (κ3) is 5.62. The van der Waals surface area contributed by atoms with Crippen molar-refractivity contribution in [2.24, 2.45) is 12.0 Å². The summed E-state index contributed by atoms with van der Waals surface area (Å²) in [5.41, 5.74) is 1.12. The number of hydrogen-bond donors (Lipinski definition) is 2. The van der Waals surface area contributed by atoms with Crippen LogP contribution in [-0.2, 0) is 11.8 Å². The van der Waals surface area contributed by atoms with Crippen LogP contribution in [0.1, 0.15) is 36.2 Å². The highest BCUT2D eigenvalue weighted by Crippen LogP contribution is 2.23. The molecule has 12 heteroatoms. The first-order valence-electron chi connectivity index (χ1n) is 10.1. The third-order valence-corrected chi connectivity index (χ3v) is 4.94. The van der Waals surface area contributed by atoms with E-state index in [4.69, 9.17) is 14.9 Å². The minimum absolute atomic E-state index is 0.250. The van der Waals surface area contributed by atoms with Crippen molar-refractivity contribution in [2.75, 3.05) is 24.5 Å². The van der Waals surface area contributed by atoms with E-state index in [9.17, 15) is 18.0 Å². The number of carboxylic acid groups (broad SMARTS) is 1. The van der Waals surface area contributed by atoms with Gasteiger partial charge < -0.3 is 15.3 Å². The molecule has 4 rings (SSSR count). The van der Waals surface area contributed by atoms with Crippen LogP contribution in [0.5, 0.6) is 0 Å². The molecule has 2 aliphatic rings. The van der Waals surface area contributed by atoms with Gasteiger partial charge in [-0.2, -0.15) is 18.3 Å². The predicted molar refractivity (Wildman–Crippen MR) is 112 cm³/mol. The van der Waals surface area contributed by atoms with Gasteiger partial charge in [-0.25, -0.2) is 14.5 Å². The largest absolute Gasteiger partial charge is 0.490 e. The number of halogens is 3. The number of fused-ring (bicyclic) bond motifs is 1. The molecule has 2 aliphatic heterocycles. The number of hydrogen-bond acceptors (Lipinski definition) is 6. The zero-order valence-electron chi connectivity index (χ0n) is 17.4. The zero-order chi connectivity index (χ0) is 23.3. The Bertz CT molecular complexity index is 1050. The number of pyridine rings is 1. The summed E-state index contributed by atoms with van der Waals surface area (Å²) < 4.78 is 33.4. The second-order valence-corrected chi connectivity index (χ2v) is 7.30. The molecule has 1 saturated heterocycles. The molecule has 2 N–H and O–H groups in total. The molecule has 0 atom stereocenters. The lowest BCUT2D eigenvalue weighted by Gasteiger charge is -2.21. The monoisotopic (exact) mass is 452 g/mol. The van der Waals surface area contributed by atoms with Crippen LogP contribution in [0.4, 0.5) is 19.0 Å². The van der Waals surface area contributed by atoms with E-state index in [0.29, 0.717) is 18.1 Å². The number of alkyl halides is 3. The molecule has 0 saturated carbocycles. The van der Waals surface area contributed by atoms with Crippen LogP contribution in [0.15, 0.2) is 29.3 Å². The van der Waals surface area contributed by atoms with E-state index in [1.807, 2.05) is 25.3 Å². The second kappa shape index (κ2) is 9.79. The first kappa shape index (κ1) is 23.2. The molecule has 0 aromatic carbocycles. The number of nitrogens with one attached hydrogen (secondary N) is 1. The van der Waals surface area contributed by atoms with E-state index in [1.165, 1.54) is 25.7 Å². The molecule has 9 nitrogen and oxygen atoms in total. The van der Waals surface area contributed by atoms with Gasteiger partial charge in [0.05, 0.1) is 11.9 Å². The maximum atomic E-state index is 12.5. The molecule has 2 aromatic heterocycles. The van der Waals surface area contributed by atoms with Crippen molar-refractivity contribution in [1.82, 2.24) is 20.1 Å². The summed E-state index contributed by atoms with van der Waals surface area (Å²) in [5.74, 6) is -1.46. The number of anilines is 1. The standard InChI is InChI=1S/C18H22N6O.C2HF3O2/c1-23-17-13(16(22-23)18(25)20-14-7-6-10-19-14)8-9-15(21-17)24-11-4-2-3-5-12-24;3-2(4,5)1(6)7/h6-9H,2-5,10-12H2,1H3,(H,19,20,25);(H,6,7). The Labute approximate surface area is 181 Å². The van der Waals surface area contributed by atoms with Gasteiger partial charge >= 0.3 is 12.1 Å². The Balaban J connectivity index is 0.000000360. The molecule has 0 aliphatic carbocycles. The van der Waals surface area contributed by atoms with Crippen molar-refractivity contribution < 1.29 is 27.9 Å². The summed E-state index contributed by atoms with van der Waals surface area (Å²) >= 11 is 0. The van der Waals surface area contributed by atoms with Gasteiger partial charge in [-0.05, 0) is 31.1 Å². The molecule has 4 heterocycles. The molecular weight excluding hydrogens is 429 g/mol. The maximum absolute atomic E-state index is 12.5. The average molecular weight is 452 g/mol. The van der Waals surface area contributed by atoms with Crippen LogP contribution in [0.2, 0.25) is 0 Å². The number of aromatic nitrogens is 3. The van der Waals surface area contributed by atoms with Gasteiger partial charge in [0.2, 0.25) is 0 Å². The number of carbonyl (C=O) groups is 2. The number of carbonyl (C=O) groups excluding carboxylic acids is 1. The summed E-state index contributed by atoms with van der Waals surface area (Å²) in [7, 11) is 1.82. The van der Waals surface area contributed by atoms with Crippen molar-refractivity contribution in [3.8, 4) is 0 Å². The van der Waals surface area contributed by atoms with Crippen LogP contribution in [0.25, 0.3) is 11.0 Å². The van der Waals surface area contributed by atoms with Gasteiger partial charge in [0.25, 0.3) is 5.91 Å². The molecule has 2 aromatic rings. The molecule has 0 unspecified atom stereocenters. The van der Waals surface area contributed by atoms with Crippen LogP contribution in [0.3, 0.4) is 0 Å². The van der Waals surface area contributed by atoms with Gasteiger partial charge in [0.15, 0.2) is 11.3 Å². The predicted octanol–water partition coefficient (Wildman–Crippen LogP) is 2.68. The Morgan fingerprint density at radius 3 is 2.34 bits per heavy atom. The summed E-state index contributed by atoms with van der Waals surface area (Å²) in [4.78, 5) is 32.7. The number of amides is 1. The van der Waals surface area contributed by atoms with Gasteiger partial charge in [-0.15, -0.1) is 0 Å². The number of carboxylic acids is 1. The molecule has 0 bridgehead atoms. The summed E-state index contributed by atoms with van der Waals surface area (Å²) in [6, 6.07) is 3.95. The lowest BCUT2D eigenvalue weighted by Crippen LogP contribution is -2.29. The minimum atomic E-state index is -5.08. The zero-order valence-corrected chi connectivity index (χ0v) is 17.4. The van der Waals surface area contributed by atoms with Gasteiger partial charge in [0.1, 0.15) is 11.7 Å². The smallest absolute Gasteiger partial charge is 0.475 e. The third-order valence-electron chi connectivity index (χ3n) is 4.94. The second-order valence-electron chi connectivity index (χ2n) is 7.30. The first-order chi connectivity index (χ1) is 15.2. The van der Waals surface area contributed by atoms with Crippen molar-refractivity contribution in [3.63, 3.8) is 0 Å². The number of aryl methyl sites for hydroxylation is 1. The van der Waals surface area contributed by atoms with Gasteiger partial charge in [-0.1, -0.05) is 18.9 Å². The quantitative estimate of drug-likeness (QED) is 0.725. The number of rotatable bonds is 2. The van der Waals surface area contributed by atoms with E-state index in [-0.39, 0.29) is 5.91 Å². The Morgan fingerprint density at radius 2 is 1.78 bits per heavy atom. The maximum Gasteiger partial charge on any atom is 0.490 e. The topological polar surface area (TPSA) is 113 Å². The van der Waals surface area contributed by atoms with Crippen molar-refractivity contribution in [2.45, 2.75) is 31.9 Å². The molecule has 172 valence electrons. The Morgan fingerprint density at radius 1 is 1.12 bits per heavy atom. The lowest BCUT2D eigenvalue weighted by molar-refractivity contribution is -0.192. The van der Waals surface area contributed by atoms with E-state index < -0.39 is 12.1 Å². The number of aliphatic carboxylic acids is 1. The number of amidine groups is 1. The molecular formula is C20H23F3N6O3. The molecule has 0 radical (unpaired) electrons. The summed E-state index contributed by atoms with van der Waals surface area (Å²) in [6.07, 6.45) is 3.60. The summed E-state index contributed by atoms with van der Waals surface area (Å²) in [5, 5.41) is 15.1. The van der Waals surface area contributed by atoms with Gasteiger partial charge in [0, 0.05) is 20.1 Å². The number of aliphatic imine (C=N–C) groups is 1. The van der Waals surface area contributed by atoms with Crippen LogP contribution >= 0.6 is 0 Å². The van der Waals surface area contributed by atoms with Crippen molar-refractivity contribution >= 4 is 34.6 Å². The fraction of sp³-hybridized carbons (Fsp3) is 0.450. The van der Waals surface area contributed by atoms with Crippen molar-refractivity contribution in [1.29, 1.82) is 0 Å². The Hall–Kier alpha value is -3.44. The molecule has 1 fully saturated rings. The highest BCUT2D eigenvalue weighted by Gasteiger charge is 2.38. The summed E-state index contributed by atoms with van der Waals surface area (Å²) in [6.45, 7) is 2.69. The van der Waals surface area contributed by atoms with Crippen LogP contribution < -0.4 is 10.2 Å². The normalized spacial score (nSPS) is 16.2. The highest BCUT2D eigenvalue weighted by atomic mass is 19.4. The highest BCUT2D eigenvalue weighted by molar-refractivity contribution is 6.14. The first-order valence-corrected chi connectivity index (χ1v) is 10.1. The molecule has 1 amide bonds. The van der Waals surface area contributed by atoms with E-state index in [2.05, 4.69) is 20.3 Å². The molecule has 0 spiro atoms. The number of nitrogens with zero attached hydrogens (tertiary/aromatic N) is 5. The lowest BCUT2D eigenvalue weighted by atomic mass is 10.2. The fourth-order valence-electron chi connectivity index (χ4n) is 3.39. The van der Waals surface area contributed by atoms with E-state index in [0.717, 1.165) is 29.9 Å². The Kier molecular flexibility index (Phi) is 7.11. The van der Waals surface area contributed by atoms with E-state index in [1.54, 1.807) is 10.8 Å². The fourth-order valence-corrected chi connectivity index (χ4v) is 3.39. The average Bonchev–Trinajstić information content (AvgIpc) is 3.26. The van der Waals surface area contributed by atoms with Gasteiger partial charge in [-0.3, -0.25) is 9.79 Å². The van der Waals surface area contributed by atoms with Crippen LogP contribution in [0, 0.1) is 0 Å². The van der Waals surface area contributed by atoms with Crippen LogP contribution in [-0.4, -0.2) is 63.4 Å². The van der Waals surface area contributed by atoms with Crippen molar-refractivity contribution in [3.05, 3.63) is 30.0 Å².